The smallest absolute Gasteiger partial charge is 0.303 e. The number of ether oxygens (including phenoxy) is 2. The second-order valence-electron chi connectivity index (χ2n) is 3.64. The monoisotopic (exact) mass is 284 g/mol. The molecule has 18 heavy (non-hydrogen) atoms. The summed E-state index contributed by atoms with van der Waals surface area (Å²) in [4.78, 5) is 24.2. The van der Waals surface area contributed by atoms with Gasteiger partial charge in [-0.25, -0.2) is 0 Å². The van der Waals surface area contributed by atoms with E-state index in [0.29, 0.717) is 0 Å². The van der Waals surface area contributed by atoms with Crippen molar-refractivity contribution in [2.75, 3.05) is 0 Å². The van der Waals surface area contributed by atoms with Crippen molar-refractivity contribution in [3.8, 4) is 0 Å². The highest BCUT2D eigenvalue weighted by Crippen LogP contribution is 2.45. The molecule has 0 spiro atoms. The van der Waals surface area contributed by atoms with Crippen LogP contribution in [0.25, 0.3) is 0 Å². The molecule has 0 saturated heterocycles. The van der Waals surface area contributed by atoms with Crippen molar-refractivity contribution in [1.29, 1.82) is 0 Å². The summed E-state index contributed by atoms with van der Waals surface area (Å²) < 4.78 is 10.4. The molecule has 0 N–H and O–H groups in total. The predicted molar refractivity (Wildman–Crippen MR) is 69.3 cm³/mol. The van der Waals surface area contributed by atoms with Crippen LogP contribution in [-0.4, -0.2) is 22.8 Å². The first-order chi connectivity index (χ1) is 8.56. The van der Waals surface area contributed by atoms with Crippen LogP contribution in [-0.2, 0) is 19.1 Å². The fourth-order valence-corrected chi connectivity index (χ4v) is 4.00. The summed E-state index contributed by atoms with van der Waals surface area (Å²) in [5, 5.41) is 0. The number of carbonyl (C=O) groups excluding carboxylic acids is 2. The van der Waals surface area contributed by atoms with Gasteiger partial charge in [-0.1, -0.05) is 35.7 Å². The Hall–Kier alpha value is -1.14. The number of hydrogen-bond donors (Lipinski definition) is 0. The highest BCUT2D eigenvalue weighted by Gasteiger charge is 2.34. The van der Waals surface area contributed by atoms with Gasteiger partial charge in [0.1, 0.15) is 0 Å². The van der Waals surface area contributed by atoms with Crippen LogP contribution in [0.15, 0.2) is 34.1 Å². The quantitative estimate of drug-likeness (QED) is 0.778. The van der Waals surface area contributed by atoms with Crippen LogP contribution >= 0.6 is 23.5 Å². The van der Waals surface area contributed by atoms with E-state index in [4.69, 9.17) is 9.47 Å². The van der Waals surface area contributed by atoms with Gasteiger partial charge < -0.3 is 9.47 Å². The van der Waals surface area contributed by atoms with Crippen LogP contribution in [0.3, 0.4) is 0 Å². The van der Waals surface area contributed by atoms with E-state index in [2.05, 4.69) is 0 Å². The lowest BCUT2D eigenvalue weighted by Crippen LogP contribution is -2.31. The molecule has 96 valence electrons. The van der Waals surface area contributed by atoms with Crippen LogP contribution in [0.2, 0.25) is 0 Å². The Kier molecular flexibility index (Phi) is 4.19. The van der Waals surface area contributed by atoms with Crippen molar-refractivity contribution >= 4 is 35.5 Å². The van der Waals surface area contributed by atoms with Gasteiger partial charge in [0, 0.05) is 23.6 Å². The van der Waals surface area contributed by atoms with Gasteiger partial charge in [0.2, 0.25) is 0 Å². The second kappa shape index (κ2) is 5.67. The molecule has 0 radical (unpaired) electrons. The van der Waals surface area contributed by atoms with E-state index in [1.807, 2.05) is 24.3 Å². The zero-order valence-electron chi connectivity index (χ0n) is 9.91. The molecule has 0 aromatic heterocycles. The molecule has 0 fully saturated rings. The lowest BCUT2D eigenvalue weighted by atomic mass is 10.4. The minimum Gasteiger partial charge on any atom is -0.446 e. The molecule has 2 atom stereocenters. The first-order valence-corrected chi connectivity index (χ1v) is 7.09. The number of fused-ring (bicyclic) bond motifs is 1. The van der Waals surface area contributed by atoms with E-state index >= 15 is 0 Å². The lowest BCUT2D eigenvalue weighted by Gasteiger charge is -2.30. The van der Waals surface area contributed by atoms with Crippen molar-refractivity contribution in [3.05, 3.63) is 24.3 Å². The molecule has 4 nitrogen and oxygen atoms in total. The summed E-state index contributed by atoms with van der Waals surface area (Å²) in [5.74, 6) is -0.769. The summed E-state index contributed by atoms with van der Waals surface area (Å²) in [6, 6.07) is 7.74. The van der Waals surface area contributed by atoms with E-state index in [0.717, 1.165) is 9.79 Å². The molecule has 0 saturated carbocycles. The number of esters is 2. The predicted octanol–water partition coefficient (Wildman–Crippen LogP) is 2.66. The third kappa shape index (κ3) is 3.20. The molecule has 0 amide bonds. The summed E-state index contributed by atoms with van der Waals surface area (Å²) in [6.45, 7) is 2.69. The summed E-state index contributed by atoms with van der Waals surface area (Å²) >= 11 is 2.79. The number of rotatable bonds is 2. The summed E-state index contributed by atoms with van der Waals surface area (Å²) in [6.07, 6.45) is 0. The first-order valence-electron chi connectivity index (χ1n) is 5.33. The molecule has 2 rings (SSSR count). The van der Waals surface area contributed by atoms with E-state index in [-0.39, 0.29) is 11.9 Å². The Morgan fingerprint density at radius 2 is 1.33 bits per heavy atom. The number of benzene rings is 1. The number of hydrogen-bond acceptors (Lipinski definition) is 6. The normalized spacial score (nSPS) is 21.9. The van der Waals surface area contributed by atoms with E-state index < -0.39 is 10.9 Å². The van der Waals surface area contributed by atoms with Crippen molar-refractivity contribution in [1.82, 2.24) is 0 Å². The van der Waals surface area contributed by atoms with Crippen LogP contribution in [0, 0.1) is 0 Å². The number of thioether (sulfide) groups is 2. The minimum atomic E-state index is -0.508. The van der Waals surface area contributed by atoms with Crippen molar-refractivity contribution in [3.63, 3.8) is 0 Å². The van der Waals surface area contributed by atoms with Crippen LogP contribution < -0.4 is 0 Å². The van der Waals surface area contributed by atoms with E-state index in [9.17, 15) is 9.59 Å². The van der Waals surface area contributed by atoms with Gasteiger partial charge in [0.15, 0.2) is 10.9 Å². The number of carbonyl (C=O) groups is 2. The van der Waals surface area contributed by atoms with E-state index in [1.165, 1.54) is 37.4 Å². The zero-order chi connectivity index (χ0) is 13.1. The van der Waals surface area contributed by atoms with Gasteiger partial charge in [-0.15, -0.1) is 0 Å². The van der Waals surface area contributed by atoms with Gasteiger partial charge in [-0.3, -0.25) is 9.59 Å². The maximum Gasteiger partial charge on any atom is 0.303 e. The molecular formula is C12H12O4S2. The Bertz CT molecular complexity index is 432. The molecule has 1 aliphatic heterocycles. The lowest BCUT2D eigenvalue weighted by molar-refractivity contribution is -0.153. The third-order valence-electron chi connectivity index (χ3n) is 2.12. The molecule has 2 unspecified atom stereocenters. The fourth-order valence-electron chi connectivity index (χ4n) is 1.49. The zero-order valence-corrected chi connectivity index (χ0v) is 11.5. The first kappa shape index (κ1) is 13.3. The fraction of sp³-hybridized carbons (Fsp3) is 0.333. The molecule has 1 aromatic carbocycles. The molecule has 0 aliphatic carbocycles. The SMILES string of the molecule is CC(=O)OC1Sc2ccccc2SC1OC(C)=O. The third-order valence-corrected chi connectivity index (χ3v) is 4.79. The average molecular weight is 284 g/mol. The molecule has 1 aliphatic rings. The maximum atomic E-state index is 11.1. The van der Waals surface area contributed by atoms with Gasteiger partial charge in [-0.05, 0) is 12.1 Å². The Morgan fingerprint density at radius 1 is 0.944 bits per heavy atom. The van der Waals surface area contributed by atoms with E-state index in [1.54, 1.807) is 0 Å². The maximum absolute atomic E-state index is 11.1. The molecular weight excluding hydrogens is 272 g/mol. The van der Waals surface area contributed by atoms with Gasteiger partial charge in [0.25, 0.3) is 0 Å². The molecule has 1 heterocycles. The highest BCUT2D eigenvalue weighted by molar-refractivity contribution is 8.06. The second-order valence-corrected chi connectivity index (χ2v) is 5.92. The molecule has 6 heteroatoms. The Balaban J connectivity index is 2.21. The highest BCUT2D eigenvalue weighted by atomic mass is 32.2. The van der Waals surface area contributed by atoms with Crippen LogP contribution in [0.1, 0.15) is 13.8 Å². The van der Waals surface area contributed by atoms with Gasteiger partial charge >= 0.3 is 11.9 Å². The topological polar surface area (TPSA) is 52.6 Å². The molecule has 1 aromatic rings. The average Bonchev–Trinajstić information content (AvgIpc) is 2.28. The van der Waals surface area contributed by atoms with Gasteiger partial charge in [-0.2, -0.15) is 0 Å². The Labute approximate surface area is 113 Å². The van der Waals surface area contributed by atoms with Gasteiger partial charge in [0.05, 0.1) is 0 Å². The van der Waals surface area contributed by atoms with Crippen LogP contribution in [0.5, 0.6) is 0 Å². The van der Waals surface area contributed by atoms with Crippen LogP contribution in [0.4, 0.5) is 0 Å². The molecule has 0 bridgehead atoms. The van der Waals surface area contributed by atoms with Crippen molar-refractivity contribution in [2.45, 2.75) is 34.5 Å². The summed E-state index contributed by atoms with van der Waals surface area (Å²) in [7, 11) is 0. The standard InChI is InChI=1S/C12H12O4S2/c1-7(13)15-11-12(16-8(2)14)18-10-6-4-3-5-9(10)17-11/h3-6,11-12H,1-2H3. The van der Waals surface area contributed by atoms with Crippen molar-refractivity contribution in [2.24, 2.45) is 0 Å². The largest absolute Gasteiger partial charge is 0.446 e. The van der Waals surface area contributed by atoms with Crippen molar-refractivity contribution < 1.29 is 19.1 Å². The minimum absolute atomic E-state index is 0.385. The Morgan fingerprint density at radius 3 is 1.67 bits per heavy atom. The summed E-state index contributed by atoms with van der Waals surface area (Å²) in [5.41, 5.74) is -1.02.